The van der Waals surface area contributed by atoms with Crippen molar-refractivity contribution < 1.29 is 32.2 Å². The molecule has 0 radical (unpaired) electrons. The second kappa shape index (κ2) is 10.1. The summed E-state index contributed by atoms with van der Waals surface area (Å²) < 4.78 is 56.4. The summed E-state index contributed by atoms with van der Waals surface area (Å²) in [5, 5.41) is 23.7. The van der Waals surface area contributed by atoms with E-state index in [4.69, 9.17) is 5.11 Å². The fourth-order valence-electron chi connectivity index (χ4n) is 5.58. The molecule has 9 nitrogen and oxygen atoms in total. The van der Waals surface area contributed by atoms with E-state index in [0.717, 1.165) is 16.3 Å². The highest BCUT2D eigenvalue weighted by molar-refractivity contribution is 7.92. The maximum absolute atomic E-state index is 13.5. The summed E-state index contributed by atoms with van der Waals surface area (Å²) in [4.78, 5) is 17.5. The van der Waals surface area contributed by atoms with Gasteiger partial charge in [-0.1, -0.05) is 12.1 Å². The van der Waals surface area contributed by atoms with Crippen LogP contribution in [0.3, 0.4) is 0 Å². The maximum atomic E-state index is 13.5. The first-order valence-corrected chi connectivity index (χ1v) is 14.4. The predicted octanol–water partition coefficient (Wildman–Crippen LogP) is 2.48. The molecule has 1 saturated carbocycles. The number of aliphatic hydroxyl groups excluding tert-OH is 2. The second-order valence-electron chi connectivity index (χ2n) is 10.4. The Morgan fingerprint density at radius 3 is 2.55 bits per heavy atom. The van der Waals surface area contributed by atoms with E-state index >= 15 is 0 Å². The third-order valence-electron chi connectivity index (χ3n) is 7.90. The number of aliphatic imine (C=N–C) groups is 1. The molecule has 1 saturated heterocycles. The lowest BCUT2D eigenvalue weighted by molar-refractivity contribution is -0.125. The summed E-state index contributed by atoms with van der Waals surface area (Å²) in [7, 11) is -3.77. The number of benzene rings is 1. The Morgan fingerprint density at radius 1 is 1.16 bits per heavy atom. The van der Waals surface area contributed by atoms with Gasteiger partial charge in [-0.3, -0.25) is 9.79 Å². The Bertz CT molecular complexity index is 1370. The molecule has 1 atom stereocenters. The van der Waals surface area contributed by atoms with Gasteiger partial charge in [-0.25, -0.2) is 17.2 Å². The van der Waals surface area contributed by atoms with Gasteiger partial charge in [0.25, 0.3) is 5.91 Å². The number of amidine groups is 1. The first-order valence-electron chi connectivity index (χ1n) is 12.9. The van der Waals surface area contributed by atoms with Crippen LogP contribution in [0.15, 0.2) is 40.9 Å². The molecular formula is C26H32F2N4O5S. The number of sulfonamides is 1. The van der Waals surface area contributed by atoms with Gasteiger partial charge < -0.3 is 20.1 Å². The van der Waals surface area contributed by atoms with E-state index in [1.54, 1.807) is 22.9 Å². The number of rotatable bonds is 7. The highest BCUT2D eigenvalue weighted by atomic mass is 32.2. The van der Waals surface area contributed by atoms with Gasteiger partial charge in [-0.05, 0) is 49.5 Å². The van der Waals surface area contributed by atoms with E-state index in [0.29, 0.717) is 11.4 Å². The van der Waals surface area contributed by atoms with Gasteiger partial charge in [-0.15, -0.1) is 0 Å². The smallest absolute Gasteiger partial charge is 0.253 e. The third-order valence-corrected chi connectivity index (χ3v) is 9.46. The van der Waals surface area contributed by atoms with Crippen LogP contribution in [0.1, 0.15) is 44.1 Å². The lowest BCUT2D eigenvalue weighted by Gasteiger charge is -2.34. The minimum atomic E-state index is -3.77. The molecule has 1 spiro atoms. The fourth-order valence-corrected chi connectivity index (χ4v) is 6.76. The number of alkyl halides is 2. The third kappa shape index (κ3) is 5.27. The van der Waals surface area contributed by atoms with Crippen molar-refractivity contribution in [2.45, 2.75) is 62.6 Å². The van der Waals surface area contributed by atoms with Crippen molar-refractivity contribution >= 4 is 38.7 Å². The van der Waals surface area contributed by atoms with Crippen LogP contribution in [0.25, 0.3) is 17.0 Å². The summed E-state index contributed by atoms with van der Waals surface area (Å²) in [5.41, 5.74) is 0.456. The van der Waals surface area contributed by atoms with Crippen LogP contribution in [-0.2, 0) is 21.4 Å². The summed E-state index contributed by atoms with van der Waals surface area (Å²) in [6, 6.07) is 7.28. The second-order valence-corrected chi connectivity index (χ2v) is 12.3. The number of hydrogen-bond donors (Lipinski definition) is 3. The normalized spacial score (nSPS) is 23.3. The first kappa shape index (κ1) is 26.9. The zero-order chi connectivity index (χ0) is 27.1. The number of aromatic nitrogens is 1. The zero-order valence-corrected chi connectivity index (χ0v) is 21.7. The Kier molecular flexibility index (Phi) is 7.18. The van der Waals surface area contributed by atoms with Crippen molar-refractivity contribution in [3.63, 3.8) is 0 Å². The number of carbonyl (C=O) groups is 1. The highest BCUT2D eigenvalue weighted by Crippen LogP contribution is 2.39. The van der Waals surface area contributed by atoms with Crippen molar-refractivity contribution in [3.8, 4) is 0 Å². The topological polar surface area (TPSA) is 124 Å². The molecule has 2 fully saturated rings. The quantitative estimate of drug-likeness (QED) is 0.489. The van der Waals surface area contributed by atoms with E-state index in [9.17, 15) is 27.1 Å². The number of carbonyl (C=O) groups excluding carboxylic acids is 1. The largest absolute Gasteiger partial charge is 0.394 e. The number of hydrogen-bond acceptors (Lipinski definition) is 6. The monoisotopic (exact) mass is 550 g/mol. The molecule has 1 amide bonds. The lowest BCUT2D eigenvalue weighted by atomic mass is 9.86. The molecule has 2 aliphatic heterocycles. The Morgan fingerprint density at radius 2 is 1.87 bits per heavy atom. The van der Waals surface area contributed by atoms with E-state index in [1.807, 2.05) is 12.1 Å². The highest BCUT2D eigenvalue weighted by Gasteiger charge is 2.49. The molecule has 206 valence electrons. The molecule has 38 heavy (non-hydrogen) atoms. The van der Waals surface area contributed by atoms with Crippen molar-refractivity contribution in [1.82, 2.24) is 14.2 Å². The van der Waals surface area contributed by atoms with Crippen LogP contribution in [0.5, 0.6) is 0 Å². The van der Waals surface area contributed by atoms with Crippen LogP contribution in [0, 0.1) is 5.92 Å². The SMILES string of the molecule is O=C1NC(C2CCC(F)(F)CC2)=NC12CCN(S(=O)(=O)C=Cc1cccc3c1ccn3CC(O)CO)CC2. The van der Waals surface area contributed by atoms with Crippen LogP contribution < -0.4 is 5.32 Å². The molecule has 2 aromatic rings. The van der Waals surface area contributed by atoms with Gasteiger partial charge in [0, 0.05) is 54.4 Å². The first-order chi connectivity index (χ1) is 18.0. The number of halogens is 2. The number of aliphatic hydroxyl groups is 2. The molecule has 1 aromatic heterocycles. The average Bonchev–Trinajstić information content (AvgIpc) is 3.44. The fraction of sp³-hybridized carbons (Fsp3) is 0.538. The van der Waals surface area contributed by atoms with Gasteiger partial charge in [0.05, 0.1) is 19.3 Å². The number of nitrogens with one attached hydrogen (secondary N) is 1. The minimum Gasteiger partial charge on any atom is -0.394 e. The van der Waals surface area contributed by atoms with E-state index in [2.05, 4.69) is 10.3 Å². The van der Waals surface area contributed by atoms with E-state index < -0.39 is 27.6 Å². The van der Waals surface area contributed by atoms with E-state index in [-0.39, 0.29) is 76.6 Å². The van der Waals surface area contributed by atoms with Gasteiger partial charge in [0.2, 0.25) is 15.9 Å². The van der Waals surface area contributed by atoms with Crippen molar-refractivity contribution in [2.75, 3.05) is 19.7 Å². The standard InChI is InChI=1S/C26H32F2N4O5S/c27-26(28)8-4-19(5-9-26)23-29-24(35)25(30-23)10-13-32(14-11-25)38(36,37)15-7-18-2-1-3-22-21(18)6-12-31(22)16-20(34)17-33/h1-3,6-7,12,15,19-20,33-34H,4-5,8-11,13-14,16-17H2,(H,29,30,35). The van der Waals surface area contributed by atoms with Crippen molar-refractivity contribution in [3.05, 3.63) is 41.4 Å². The molecule has 1 unspecified atom stereocenters. The lowest BCUT2D eigenvalue weighted by Crippen LogP contribution is -2.50. The zero-order valence-electron chi connectivity index (χ0n) is 20.9. The number of fused-ring (bicyclic) bond motifs is 1. The Labute approximate surface area is 219 Å². The average molecular weight is 551 g/mol. The number of amides is 1. The maximum Gasteiger partial charge on any atom is 0.253 e. The Hall–Kier alpha value is -2.67. The van der Waals surface area contributed by atoms with Crippen molar-refractivity contribution in [2.24, 2.45) is 10.9 Å². The molecule has 12 heteroatoms. The molecule has 3 heterocycles. The summed E-state index contributed by atoms with van der Waals surface area (Å²) in [5.74, 6) is -2.68. The Balaban J connectivity index is 1.26. The molecule has 3 N–H and O–H groups in total. The molecule has 1 aromatic carbocycles. The number of nitrogens with zero attached hydrogens (tertiary/aromatic N) is 3. The predicted molar refractivity (Wildman–Crippen MR) is 139 cm³/mol. The van der Waals surface area contributed by atoms with Gasteiger partial charge in [0.1, 0.15) is 11.4 Å². The van der Waals surface area contributed by atoms with Crippen LogP contribution in [0.4, 0.5) is 8.78 Å². The molecular weight excluding hydrogens is 518 g/mol. The van der Waals surface area contributed by atoms with E-state index in [1.165, 1.54) is 10.4 Å². The molecule has 5 rings (SSSR count). The minimum absolute atomic E-state index is 0.124. The van der Waals surface area contributed by atoms with Gasteiger partial charge in [0.15, 0.2) is 0 Å². The summed E-state index contributed by atoms with van der Waals surface area (Å²) in [6.07, 6.45) is 2.96. The number of piperidine rings is 1. The molecule has 1 aliphatic carbocycles. The van der Waals surface area contributed by atoms with Crippen LogP contribution in [0.2, 0.25) is 0 Å². The summed E-state index contributed by atoms with van der Waals surface area (Å²) >= 11 is 0. The van der Waals surface area contributed by atoms with Crippen LogP contribution >= 0.6 is 0 Å². The molecule has 3 aliphatic rings. The summed E-state index contributed by atoms with van der Waals surface area (Å²) in [6.45, 7) is 0.104. The van der Waals surface area contributed by atoms with Gasteiger partial charge in [-0.2, -0.15) is 4.31 Å². The van der Waals surface area contributed by atoms with Crippen molar-refractivity contribution in [1.29, 1.82) is 0 Å². The molecule has 0 bridgehead atoms. The van der Waals surface area contributed by atoms with Crippen LogP contribution in [-0.4, -0.2) is 76.5 Å². The van der Waals surface area contributed by atoms with Gasteiger partial charge >= 0.3 is 0 Å².